The highest BCUT2D eigenvalue weighted by atomic mass is 16.5. The Bertz CT molecular complexity index is 475. The molecule has 0 bridgehead atoms. The third kappa shape index (κ3) is 4.32. The predicted octanol–water partition coefficient (Wildman–Crippen LogP) is 0.428. The van der Waals surface area contributed by atoms with Gasteiger partial charge in [-0.2, -0.15) is 0 Å². The van der Waals surface area contributed by atoms with E-state index in [1.165, 1.54) is 20.1 Å². The highest BCUT2D eigenvalue weighted by Gasteiger charge is 2.22. The number of carbonyl (C=O) groups excluding carboxylic acids is 2. The Kier molecular flexibility index (Phi) is 6.14. The Balaban J connectivity index is 2.81. The number of hydrogen-bond acceptors (Lipinski definition) is 5. The second-order valence-corrected chi connectivity index (χ2v) is 4.40. The minimum Gasteiger partial charge on any atom is -0.496 e. The largest absolute Gasteiger partial charge is 0.496 e. The maximum Gasteiger partial charge on any atom is 0.216 e. The number of benzene rings is 1. The predicted molar refractivity (Wildman–Crippen MR) is 72.6 cm³/mol. The average molecular weight is 281 g/mol. The molecule has 0 radical (unpaired) electrons. The van der Waals surface area contributed by atoms with Gasteiger partial charge >= 0.3 is 0 Å². The smallest absolute Gasteiger partial charge is 0.216 e. The summed E-state index contributed by atoms with van der Waals surface area (Å²) in [5.41, 5.74) is 0.723. The first-order valence-corrected chi connectivity index (χ1v) is 6.23. The second kappa shape index (κ2) is 7.62. The first kappa shape index (κ1) is 16.1. The number of methoxy groups -OCH3 is 1. The summed E-state index contributed by atoms with van der Waals surface area (Å²) in [6.45, 7) is 1.63. The zero-order chi connectivity index (χ0) is 15.1. The number of aldehydes is 1. The highest BCUT2D eigenvalue weighted by Crippen LogP contribution is 2.29. The van der Waals surface area contributed by atoms with Gasteiger partial charge in [-0.15, -0.1) is 0 Å². The molecule has 1 aromatic carbocycles. The van der Waals surface area contributed by atoms with Gasteiger partial charge < -0.3 is 20.3 Å². The molecular weight excluding hydrogens is 262 g/mol. The number of aliphatic hydroxyl groups excluding tert-OH is 2. The highest BCUT2D eigenvalue weighted by molar-refractivity contribution is 5.75. The number of aliphatic hydroxyl groups is 2. The van der Waals surface area contributed by atoms with Gasteiger partial charge in [0.1, 0.15) is 18.1 Å². The van der Waals surface area contributed by atoms with Crippen molar-refractivity contribution < 1.29 is 24.5 Å². The molecule has 20 heavy (non-hydrogen) atoms. The van der Waals surface area contributed by atoms with Gasteiger partial charge in [0, 0.05) is 24.6 Å². The van der Waals surface area contributed by atoms with E-state index in [1.54, 1.807) is 12.1 Å². The zero-order valence-electron chi connectivity index (χ0n) is 11.5. The van der Waals surface area contributed by atoms with Crippen molar-refractivity contribution in [3.63, 3.8) is 0 Å². The van der Waals surface area contributed by atoms with Crippen LogP contribution in [0.2, 0.25) is 0 Å². The van der Waals surface area contributed by atoms with Crippen molar-refractivity contribution in [2.45, 2.75) is 25.6 Å². The summed E-state index contributed by atoms with van der Waals surface area (Å²) in [6.07, 6.45) is -1.43. The van der Waals surface area contributed by atoms with Crippen LogP contribution in [-0.2, 0) is 4.79 Å². The number of hydrogen-bond donors (Lipinski definition) is 3. The normalized spacial score (nSPS) is 13.4. The summed E-state index contributed by atoms with van der Waals surface area (Å²) in [7, 11) is 1.44. The number of carbonyl (C=O) groups is 2. The van der Waals surface area contributed by atoms with Gasteiger partial charge in [-0.3, -0.25) is 9.59 Å². The third-order valence-corrected chi connectivity index (χ3v) is 2.89. The van der Waals surface area contributed by atoms with E-state index in [2.05, 4.69) is 5.32 Å². The molecule has 0 spiro atoms. The van der Waals surface area contributed by atoms with Crippen LogP contribution in [0, 0.1) is 0 Å². The Labute approximate surface area is 117 Å². The molecule has 1 aromatic rings. The molecule has 2 unspecified atom stereocenters. The minimum absolute atomic E-state index is 0.190. The second-order valence-electron chi connectivity index (χ2n) is 4.40. The van der Waals surface area contributed by atoms with E-state index in [9.17, 15) is 19.8 Å². The van der Waals surface area contributed by atoms with Crippen molar-refractivity contribution in [3.8, 4) is 5.75 Å². The van der Waals surface area contributed by atoms with E-state index >= 15 is 0 Å². The molecule has 0 saturated carbocycles. The topological polar surface area (TPSA) is 95.9 Å². The Hall–Kier alpha value is -1.92. The molecule has 0 saturated heterocycles. The average Bonchev–Trinajstić information content (AvgIpc) is 2.45. The van der Waals surface area contributed by atoms with Gasteiger partial charge in [-0.05, 0) is 24.6 Å². The van der Waals surface area contributed by atoms with Crippen molar-refractivity contribution in [1.82, 2.24) is 5.32 Å². The van der Waals surface area contributed by atoms with Crippen LogP contribution in [0.5, 0.6) is 5.75 Å². The quantitative estimate of drug-likeness (QED) is 0.630. The van der Waals surface area contributed by atoms with E-state index < -0.39 is 12.2 Å². The molecule has 0 fully saturated rings. The van der Waals surface area contributed by atoms with Gasteiger partial charge in [0.2, 0.25) is 5.91 Å². The molecule has 0 aliphatic carbocycles. The fourth-order valence-corrected chi connectivity index (χ4v) is 1.82. The van der Waals surface area contributed by atoms with Crippen LogP contribution >= 0.6 is 0 Å². The third-order valence-electron chi connectivity index (χ3n) is 2.89. The number of nitrogens with one attached hydrogen (secondary N) is 1. The lowest BCUT2D eigenvalue weighted by Gasteiger charge is -2.20. The summed E-state index contributed by atoms with van der Waals surface area (Å²) in [5, 5.41) is 22.6. The molecule has 0 aromatic heterocycles. The van der Waals surface area contributed by atoms with Crippen molar-refractivity contribution in [3.05, 3.63) is 29.3 Å². The first-order valence-electron chi connectivity index (χ1n) is 6.23. The fraction of sp³-hybridized carbons (Fsp3) is 0.429. The van der Waals surface area contributed by atoms with E-state index in [1.807, 2.05) is 0 Å². The number of ether oxygens (including phenoxy) is 1. The molecule has 0 aliphatic rings. The van der Waals surface area contributed by atoms with Crippen LogP contribution in [0.1, 0.15) is 35.4 Å². The Morgan fingerprint density at radius 2 is 2.15 bits per heavy atom. The molecule has 6 nitrogen and oxygen atoms in total. The van der Waals surface area contributed by atoms with Crippen molar-refractivity contribution in [2.24, 2.45) is 0 Å². The van der Waals surface area contributed by atoms with Gasteiger partial charge in [0.25, 0.3) is 0 Å². The van der Waals surface area contributed by atoms with Crippen molar-refractivity contribution in [2.75, 3.05) is 13.7 Å². The Morgan fingerprint density at radius 3 is 2.70 bits per heavy atom. The van der Waals surface area contributed by atoms with Crippen LogP contribution in [-0.4, -0.2) is 42.2 Å². The van der Waals surface area contributed by atoms with E-state index in [0.29, 0.717) is 23.2 Å². The SMILES string of the molecule is COc1ccc(C=O)cc1C(O)C(O)CCNC(C)=O. The van der Waals surface area contributed by atoms with Crippen molar-refractivity contribution in [1.29, 1.82) is 0 Å². The minimum atomic E-state index is -1.20. The summed E-state index contributed by atoms with van der Waals surface area (Å²) >= 11 is 0. The summed E-state index contributed by atoms with van der Waals surface area (Å²) in [6, 6.07) is 4.59. The molecule has 6 heteroatoms. The van der Waals surface area contributed by atoms with Crippen LogP contribution in [0.3, 0.4) is 0 Å². The van der Waals surface area contributed by atoms with Gasteiger partial charge in [-0.25, -0.2) is 0 Å². The molecule has 110 valence electrons. The van der Waals surface area contributed by atoms with Gasteiger partial charge in [0.05, 0.1) is 13.2 Å². The van der Waals surface area contributed by atoms with Crippen LogP contribution in [0.25, 0.3) is 0 Å². The molecular formula is C14H19NO5. The van der Waals surface area contributed by atoms with Gasteiger partial charge in [-0.1, -0.05) is 0 Å². The first-order chi connectivity index (χ1) is 9.49. The molecule has 1 amide bonds. The Morgan fingerprint density at radius 1 is 1.45 bits per heavy atom. The van der Waals surface area contributed by atoms with Crippen LogP contribution in [0.4, 0.5) is 0 Å². The van der Waals surface area contributed by atoms with E-state index in [0.717, 1.165) is 0 Å². The molecule has 1 rings (SSSR count). The van der Waals surface area contributed by atoms with Crippen molar-refractivity contribution >= 4 is 12.2 Å². The molecule has 0 heterocycles. The molecule has 2 atom stereocenters. The lowest BCUT2D eigenvalue weighted by molar-refractivity contribution is -0.119. The number of rotatable bonds is 7. The lowest BCUT2D eigenvalue weighted by atomic mass is 9.99. The summed E-state index contributed by atoms with van der Waals surface area (Å²) in [5.74, 6) is 0.189. The van der Waals surface area contributed by atoms with E-state index in [4.69, 9.17) is 4.74 Å². The zero-order valence-corrected chi connectivity index (χ0v) is 11.5. The standard InChI is InChI=1S/C14H19NO5/c1-9(17)15-6-5-12(18)14(19)11-7-10(8-16)3-4-13(11)20-2/h3-4,7-8,12,14,18-19H,5-6H2,1-2H3,(H,15,17). The van der Waals surface area contributed by atoms with Gasteiger partial charge in [0.15, 0.2) is 0 Å². The summed E-state index contributed by atoms with van der Waals surface area (Å²) in [4.78, 5) is 21.5. The number of amides is 1. The monoisotopic (exact) mass is 281 g/mol. The van der Waals surface area contributed by atoms with Crippen LogP contribution in [0.15, 0.2) is 18.2 Å². The molecule has 0 aliphatic heterocycles. The molecule has 3 N–H and O–H groups in total. The van der Waals surface area contributed by atoms with E-state index in [-0.39, 0.29) is 18.9 Å². The summed E-state index contributed by atoms with van der Waals surface area (Å²) < 4.78 is 5.10. The van der Waals surface area contributed by atoms with Crippen LogP contribution < -0.4 is 10.1 Å². The maximum absolute atomic E-state index is 10.8. The fourth-order valence-electron chi connectivity index (χ4n) is 1.82. The lowest BCUT2D eigenvalue weighted by Crippen LogP contribution is -2.27. The maximum atomic E-state index is 10.8.